The van der Waals surface area contributed by atoms with Gasteiger partial charge in [0.2, 0.25) is 0 Å². The number of nitrogens with zero attached hydrogens (tertiary/aromatic N) is 3. The third-order valence-electron chi connectivity index (χ3n) is 4.22. The van der Waals surface area contributed by atoms with Crippen LogP contribution in [0.15, 0.2) is 29.3 Å². The monoisotopic (exact) mass is 476 g/mol. The predicted molar refractivity (Wildman–Crippen MR) is 110 cm³/mol. The number of carbonyl (C=O) groups excluding carboxylic acids is 1. The molecule has 0 radical (unpaired) electrons. The van der Waals surface area contributed by atoms with E-state index in [1.807, 2.05) is 6.92 Å². The van der Waals surface area contributed by atoms with Gasteiger partial charge in [-0.1, -0.05) is 12.1 Å². The summed E-state index contributed by atoms with van der Waals surface area (Å²) in [5.74, 6) is 0.612. The molecule has 0 amide bonds. The lowest BCUT2D eigenvalue weighted by Gasteiger charge is -2.33. The predicted octanol–water partition coefficient (Wildman–Crippen LogP) is 2.56. The molecule has 1 saturated heterocycles. The molecule has 2 rings (SSSR count). The molecule has 0 aliphatic carbocycles. The number of esters is 1. The van der Waals surface area contributed by atoms with E-state index in [4.69, 9.17) is 4.74 Å². The number of benzene rings is 1. The number of non-ortho nitro benzene ring substituents is 1. The summed E-state index contributed by atoms with van der Waals surface area (Å²) in [5.41, 5.74) is 1.02. The highest BCUT2D eigenvalue weighted by Crippen LogP contribution is 2.19. The summed E-state index contributed by atoms with van der Waals surface area (Å²) in [7, 11) is 1.72. The van der Waals surface area contributed by atoms with Crippen molar-refractivity contribution < 1.29 is 14.5 Å². The minimum absolute atomic E-state index is 0. The Morgan fingerprint density at radius 1 is 1.35 bits per heavy atom. The topological polar surface area (TPSA) is 97.1 Å². The van der Waals surface area contributed by atoms with Gasteiger partial charge in [-0.2, -0.15) is 0 Å². The Kier molecular flexibility index (Phi) is 9.31. The van der Waals surface area contributed by atoms with Crippen LogP contribution >= 0.6 is 24.0 Å². The van der Waals surface area contributed by atoms with E-state index >= 15 is 0 Å². The standard InChI is InChI=1S/C17H24N4O4.HI/c1-3-25-16(22)14-8-10-20(11-9-14)17(18-2)19-12-13-4-6-15(7-5-13)21(23)24;/h4-7,14H,3,8-12H2,1-2H3,(H,18,19);1H. The van der Waals surface area contributed by atoms with E-state index < -0.39 is 4.92 Å². The molecular formula is C17H25IN4O4. The Morgan fingerprint density at radius 2 is 1.96 bits per heavy atom. The van der Waals surface area contributed by atoms with Crippen molar-refractivity contribution in [2.75, 3.05) is 26.7 Å². The van der Waals surface area contributed by atoms with Crippen molar-refractivity contribution in [1.29, 1.82) is 0 Å². The first-order valence-electron chi connectivity index (χ1n) is 8.40. The van der Waals surface area contributed by atoms with Gasteiger partial charge >= 0.3 is 5.97 Å². The van der Waals surface area contributed by atoms with Gasteiger partial charge < -0.3 is 15.0 Å². The highest BCUT2D eigenvalue weighted by molar-refractivity contribution is 14.0. The third-order valence-corrected chi connectivity index (χ3v) is 4.22. The molecule has 8 nitrogen and oxygen atoms in total. The van der Waals surface area contributed by atoms with Gasteiger partial charge in [-0.05, 0) is 25.3 Å². The van der Waals surface area contributed by atoms with Gasteiger partial charge in [-0.25, -0.2) is 0 Å². The average Bonchev–Trinajstić information content (AvgIpc) is 2.63. The fourth-order valence-corrected chi connectivity index (χ4v) is 2.84. The zero-order chi connectivity index (χ0) is 18.2. The van der Waals surface area contributed by atoms with Gasteiger partial charge in [0.25, 0.3) is 5.69 Å². The van der Waals surface area contributed by atoms with Crippen molar-refractivity contribution in [3.63, 3.8) is 0 Å². The molecule has 1 aromatic carbocycles. The van der Waals surface area contributed by atoms with E-state index in [-0.39, 0.29) is 41.6 Å². The number of piperidine rings is 1. The quantitative estimate of drug-likeness (QED) is 0.175. The van der Waals surface area contributed by atoms with Crippen LogP contribution in [0, 0.1) is 16.0 Å². The number of nitrogens with one attached hydrogen (secondary N) is 1. The summed E-state index contributed by atoms with van der Waals surface area (Å²) in [6.07, 6.45) is 1.49. The van der Waals surface area contributed by atoms with Gasteiger partial charge in [-0.3, -0.25) is 19.9 Å². The normalized spacial score (nSPS) is 15.2. The Morgan fingerprint density at radius 3 is 2.46 bits per heavy atom. The number of hydrogen-bond acceptors (Lipinski definition) is 5. The van der Waals surface area contributed by atoms with Crippen molar-refractivity contribution in [2.45, 2.75) is 26.3 Å². The van der Waals surface area contributed by atoms with Crippen molar-refractivity contribution in [1.82, 2.24) is 10.2 Å². The molecule has 0 saturated carbocycles. The lowest BCUT2D eigenvalue weighted by atomic mass is 9.97. The minimum Gasteiger partial charge on any atom is -0.466 e. The van der Waals surface area contributed by atoms with Crippen molar-refractivity contribution in [3.05, 3.63) is 39.9 Å². The fourth-order valence-electron chi connectivity index (χ4n) is 2.84. The van der Waals surface area contributed by atoms with E-state index in [9.17, 15) is 14.9 Å². The molecule has 0 unspecified atom stereocenters. The summed E-state index contributed by atoms with van der Waals surface area (Å²) in [6.45, 7) is 4.24. The molecule has 1 aliphatic heterocycles. The Balaban J connectivity index is 0.00000338. The van der Waals surface area contributed by atoms with E-state index in [2.05, 4.69) is 15.2 Å². The van der Waals surface area contributed by atoms with Gasteiger partial charge in [0.05, 0.1) is 17.4 Å². The molecule has 144 valence electrons. The molecule has 1 aromatic rings. The maximum absolute atomic E-state index is 11.8. The molecule has 0 bridgehead atoms. The number of hydrogen-bond donors (Lipinski definition) is 1. The molecular weight excluding hydrogens is 451 g/mol. The molecule has 1 fully saturated rings. The molecule has 0 aromatic heterocycles. The van der Waals surface area contributed by atoms with Crippen LogP contribution in [-0.2, 0) is 16.1 Å². The van der Waals surface area contributed by atoms with Crippen molar-refractivity contribution >= 4 is 41.6 Å². The zero-order valence-electron chi connectivity index (χ0n) is 15.0. The van der Waals surface area contributed by atoms with Crippen molar-refractivity contribution in [3.8, 4) is 0 Å². The smallest absolute Gasteiger partial charge is 0.309 e. The molecule has 1 N–H and O–H groups in total. The SMILES string of the molecule is CCOC(=O)C1CCN(C(=NC)NCc2ccc([N+](=O)[O-])cc2)CC1.I. The van der Waals surface area contributed by atoms with Gasteiger partial charge in [-0.15, -0.1) is 24.0 Å². The van der Waals surface area contributed by atoms with Crippen LogP contribution in [0.2, 0.25) is 0 Å². The Labute approximate surface area is 170 Å². The van der Waals surface area contributed by atoms with Crippen LogP contribution in [-0.4, -0.2) is 48.5 Å². The summed E-state index contributed by atoms with van der Waals surface area (Å²) >= 11 is 0. The highest BCUT2D eigenvalue weighted by atomic mass is 127. The van der Waals surface area contributed by atoms with Gasteiger partial charge in [0.1, 0.15) is 0 Å². The lowest BCUT2D eigenvalue weighted by Crippen LogP contribution is -2.46. The number of nitro benzene ring substituents is 1. The summed E-state index contributed by atoms with van der Waals surface area (Å²) < 4.78 is 5.08. The number of carbonyl (C=O) groups is 1. The second-order valence-electron chi connectivity index (χ2n) is 5.84. The molecule has 1 heterocycles. The van der Waals surface area contributed by atoms with Crippen LogP contribution in [0.5, 0.6) is 0 Å². The van der Waals surface area contributed by atoms with Crippen LogP contribution in [0.25, 0.3) is 0 Å². The number of ether oxygens (including phenoxy) is 1. The average molecular weight is 476 g/mol. The number of rotatable bonds is 5. The molecule has 26 heavy (non-hydrogen) atoms. The fraction of sp³-hybridized carbons (Fsp3) is 0.529. The molecule has 0 spiro atoms. The van der Waals surface area contributed by atoms with Crippen LogP contribution in [0.3, 0.4) is 0 Å². The number of likely N-dealkylation sites (tertiary alicyclic amines) is 1. The first kappa shape index (κ1) is 22.1. The highest BCUT2D eigenvalue weighted by Gasteiger charge is 2.27. The minimum atomic E-state index is -0.413. The van der Waals surface area contributed by atoms with Crippen molar-refractivity contribution in [2.24, 2.45) is 10.9 Å². The number of halogens is 1. The van der Waals surface area contributed by atoms with E-state index in [1.54, 1.807) is 19.2 Å². The molecule has 0 atom stereocenters. The van der Waals surface area contributed by atoms with Crippen LogP contribution in [0.1, 0.15) is 25.3 Å². The first-order valence-corrected chi connectivity index (χ1v) is 8.40. The molecule has 1 aliphatic rings. The second kappa shape index (κ2) is 10.9. The van der Waals surface area contributed by atoms with Crippen LogP contribution in [0.4, 0.5) is 5.69 Å². The number of aliphatic imine (C=N–C) groups is 1. The third kappa shape index (κ3) is 6.11. The van der Waals surface area contributed by atoms with E-state index in [1.165, 1.54) is 12.1 Å². The van der Waals surface area contributed by atoms with Gasteiger partial charge in [0, 0.05) is 38.8 Å². The summed E-state index contributed by atoms with van der Waals surface area (Å²) in [5, 5.41) is 13.9. The molecule has 9 heteroatoms. The lowest BCUT2D eigenvalue weighted by molar-refractivity contribution is -0.384. The Hall–Kier alpha value is -1.91. The largest absolute Gasteiger partial charge is 0.466 e. The maximum atomic E-state index is 11.8. The Bertz CT molecular complexity index is 628. The first-order chi connectivity index (χ1) is 12.0. The maximum Gasteiger partial charge on any atom is 0.309 e. The summed E-state index contributed by atoms with van der Waals surface area (Å²) in [6, 6.07) is 6.44. The van der Waals surface area contributed by atoms with E-state index in [0.29, 0.717) is 13.2 Å². The second-order valence-corrected chi connectivity index (χ2v) is 5.84. The number of nitro groups is 1. The van der Waals surface area contributed by atoms with Gasteiger partial charge in [0.15, 0.2) is 5.96 Å². The zero-order valence-corrected chi connectivity index (χ0v) is 17.3. The van der Waals surface area contributed by atoms with Crippen LogP contribution < -0.4 is 5.32 Å². The summed E-state index contributed by atoms with van der Waals surface area (Å²) in [4.78, 5) is 28.5. The van der Waals surface area contributed by atoms with E-state index in [0.717, 1.165) is 37.5 Å². The number of guanidine groups is 1.